The number of sulfonamides is 1. The van der Waals surface area contributed by atoms with E-state index < -0.39 is 22.0 Å². The van der Waals surface area contributed by atoms with Crippen LogP contribution in [0.2, 0.25) is 5.02 Å². The lowest BCUT2D eigenvalue weighted by molar-refractivity contribution is 0.0912. The van der Waals surface area contributed by atoms with Crippen LogP contribution in [-0.4, -0.2) is 52.0 Å². The summed E-state index contributed by atoms with van der Waals surface area (Å²) in [5.74, 6) is 0.318. The zero-order valence-corrected chi connectivity index (χ0v) is 20.2. The summed E-state index contributed by atoms with van der Waals surface area (Å²) in [6.07, 6.45) is 0.719. The van der Waals surface area contributed by atoms with Gasteiger partial charge in [0.15, 0.2) is 11.4 Å². The number of rotatable bonds is 7. The second-order valence-electron chi connectivity index (χ2n) is 7.11. The summed E-state index contributed by atoms with van der Waals surface area (Å²) in [5, 5.41) is 5.84. The quantitative estimate of drug-likeness (QED) is 0.381. The lowest BCUT2D eigenvalue weighted by Gasteiger charge is -2.27. The van der Waals surface area contributed by atoms with Gasteiger partial charge in [-0.15, -0.1) is 0 Å². The van der Waals surface area contributed by atoms with Crippen LogP contribution in [0.3, 0.4) is 0 Å². The molecule has 2 aromatic rings. The minimum atomic E-state index is -4.11. The molecular weight excluding hydrogens is 490 g/mol. The number of thiocarbonyl (C=S) groups is 1. The van der Waals surface area contributed by atoms with E-state index in [0.29, 0.717) is 34.9 Å². The Balaban J connectivity index is 1.85. The first-order valence-electron chi connectivity index (χ1n) is 9.88. The van der Waals surface area contributed by atoms with Crippen LogP contribution in [0.5, 0.6) is 11.5 Å². The molecule has 0 bridgehead atoms. The molecule has 33 heavy (non-hydrogen) atoms. The molecule has 3 N–H and O–H groups in total. The summed E-state index contributed by atoms with van der Waals surface area (Å²) >= 11 is 11.0. The van der Waals surface area contributed by atoms with Crippen molar-refractivity contribution >= 4 is 51.1 Å². The van der Waals surface area contributed by atoms with Gasteiger partial charge in [-0.1, -0.05) is 11.6 Å². The average Bonchev–Trinajstić information content (AvgIpc) is 2.77. The molecule has 0 saturated heterocycles. The Morgan fingerprint density at radius 1 is 1.33 bits per heavy atom. The van der Waals surface area contributed by atoms with Gasteiger partial charge in [0.1, 0.15) is 18.1 Å². The lowest BCUT2D eigenvalue weighted by Crippen LogP contribution is -2.43. The lowest BCUT2D eigenvalue weighted by atomic mass is 10.0. The van der Waals surface area contributed by atoms with Gasteiger partial charge in [0, 0.05) is 17.1 Å². The van der Waals surface area contributed by atoms with E-state index in [9.17, 15) is 18.0 Å². The van der Waals surface area contributed by atoms with Gasteiger partial charge in [0.2, 0.25) is 0 Å². The third-order valence-electron chi connectivity index (χ3n) is 4.82. The molecule has 176 valence electrons. The summed E-state index contributed by atoms with van der Waals surface area (Å²) in [6, 6.07) is 6.96. The molecule has 1 unspecified atom stereocenters. The molecule has 0 saturated carbocycles. The molecule has 1 amide bonds. The van der Waals surface area contributed by atoms with Gasteiger partial charge in [-0.05, 0) is 61.5 Å². The maximum atomic E-state index is 12.8. The van der Waals surface area contributed by atoms with E-state index in [-0.39, 0.29) is 34.2 Å². The minimum absolute atomic E-state index is 0.0632. The van der Waals surface area contributed by atoms with E-state index in [1.54, 1.807) is 19.1 Å². The molecular formula is C21H22ClN3O6S2. The van der Waals surface area contributed by atoms with Gasteiger partial charge < -0.3 is 20.1 Å². The summed E-state index contributed by atoms with van der Waals surface area (Å²) in [6.45, 7) is 2.33. The number of carbonyl (C=O) groups excluding carboxylic acids is 2. The predicted molar refractivity (Wildman–Crippen MR) is 127 cm³/mol. The first kappa shape index (κ1) is 24.7. The van der Waals surface area contributed by atoms with Gasteiger partial charge >= 0.3 is 0 Å². The second-order valence-corrected chi connectivity index (χ2v) is 9.61. The van der Waals surface area contributed by atoms with Crippen molar-refractivity contribution in [1.82, 2.24) is 15.4 Å². The van der Waals surface area contributed by atoms with Crippen LogP contribution in [0.25, 0.3) is 0 Å². The number of nitrogens with one attached hydrogen (secondary N) is 3. The molecule has 1 aliphatic rings. The number of halogens is 1. The Labute approximate surface area is 201 Å². The Morgan fingerprint density at radius 2 is 2.09 bits per heavy atom. The summed E-state index contributed by atoms with van der Waals surface area (Å²) in [4.78, 5) is 24.1. The van der Waals surface area contributed by atoms with Crippen LogP contribution < -0.4 is 24.8 Å². The first-order chi connectivity index (χ1) is 15.7. The number of methoxy groups -OCH3 is 1. The Bertz CT molecular complexity index is 1200. The van der Waals surface area contributed by atoms with Crippen molar-refractivity contribution in [3.8, 4) is 11.5 Å². The molecule has 1 aliphatic heterocycles. The van der Waals surface area contributed by atoms with Crippen molar-refractivity contribution in [2.75, 3.05) is 20.3 Å². The third-order valence-corrected chi connectivity index (χ3v) is 6.84. The molecule has 0 aromatic heterocycles. The Kier molecular flexibility index (Phi) is 7.77. The van der Waals surface area contributed by atoms with E-state index in [0.717, 1.165) is 0 Å². The highest BCUT2D eigenvalue weighted by Gasteiger charge is 2.28. The summed E-state index contributed by atoms with van der Waals surface area (Å²) in [5.41, 5.74) is 0.716. The number of hydrogen-bond acceptors (Lipinski definition) is 7. The van der Waals surface area contributed by atoms with Crippen molar-refractivity contribution < 1.29 is 27.5 Å². The fraction of sp³-hybridized carbons (Fsp3) is 0.286. The second kappa shape index (κ2) is 10.4. The van der Waals surface area contributed by atoms with Crippen molar-refractivity contribution in [3.05, 3.63) is 52.0 Å². The van der Waals surface area contributed by atoms with Crippen LogP contribution in [-0.2, 0) is 16.4 Å². The van der Waals surface area contributed by atoms with Crippen molar-refractivity contribution in [1.29, 1.82) is 0 Å². The summed E-state index contributed by atoms with van der Waals surface area (Å²) in [7, 11) is -2.67. The standard InChI is InChI=1S/C21H22ClN3O6S2/c1-3-23-21(32)25-33(28,29)19-8-12-6-15(11-31-18(12)7-13(19)10-26)24-20(27)16-9-14(22)4-5-17(16)30-2/h4-5,7-10,15H,3,6,11H2,1-2H3,(H,24,27)(H2,23,25,32). The highest BCUT2D eigenvalue weighted by atomic mass is 35.5. The van der Waals surface area contributed by atoms with Crippen LogP contribution in [0.15, 0.2) is 35.2 Å². The number of aldehydes is 1. The first-order valence-corrected chi connectivity index (χ1v) is 12.1. The molecule has 0 aliphatic carbocycles. The highest BCUT2D eigenvalue weighted by molar-refractivity contribution is 7.92. The SMILES string of the molecule is CCNC(=S)NS(=O)(=O)c1cc2c(cc1C=O)OCC(NC(=O)c1cc(Cl)ccc1OC)C2. The third kappa shape index (κ3) is 5.73. The van der Waals surface area contributed by atoms with Gasteiger partial charge in [-0.25, -0.2) is 8.42 Å². The zero-order chi connectivity index (χ0) is 24.2. The fourth-order valence-corrected chi connectivity index (χ4v) is 5.12. The van der Waals surface area contributed by atoms with Crippen LogP contribution in [0, 0.1) is 0 Å². The van der Waals surface area contributed by atoms with E-state index in [1.807, 2.05) is 0 Å². The van der Waals surface area contributed by atoms with Gasteiger partial charge in [-0.2, -0.15) is 0 Å². The van der Waals surface area contributed by atoms with Crippen molar-refractivity contribution in [3.63, 3.8) is 0 Å². The number of carbonyl (C=O) groups is 2. The molecule has 12 heteroatoms. The molecule has 3 rings (SSSR count). The minimum Gasteiger partial charge on any atom is -0.496 e. The molecule has 9 nitrogen and oxygen atoms in total. The maximum Gasteiger partial charge on any atom is 0.264 e. The Morgan fingerprint density at radius 3 is 2.76 bits per heavy atom. The van der Waals surface area contributed by atoms with E-state index in [1.165, 1.54) is 25.3 Å². The molecule has 0 radical (unpaired) electrons. The van der Waals surface area contributed by atoms with Crippen molar-refractivity contribution in [2.24, 2.45) is 0 Å². The molecule has 1 heterocycles. The molecule has 0 spiro atoms. The number of fused-ring (bicyclic) bond motifs is 1. The van der Waals surface area contributed by atoms with Gasteiger partial charge in [0.25, 0.3) is 15.9 Å². The maximum absolute atomic E-state index is 12.8. The van der Waals surface area contributed by atoms with Crippen LogP contribution >= 0.6 is 23.8 Å². The smallest absolute Gasteiger partial charge is 0.264 e. The number of amides is 1. The monoisotopic (exact) mass is 511 g/mol. The average molecular weight is 512 g/mol. The molecule has 0 fully saturated rings. The van der Waals surface area contributed by atoms with Crippen LogP contribution in [0.4, 0.5) is 0 Å². The topological polar surface area (TPSA) is 123 Å². The number of hydrogen-bond donors (Lipinski definition) is 3. The zero-order valence-electron chi connectivity index (χ0n) is 17.8. The van der Waals surface area contributed by atoms with Gasteiger partial charge in [0.05, 0.1) is 23.6 Å². The molecule has 1 atom stereocenters. The number of benzene rings is 2. The normalized spacial score (nSPS) is 14.9. The molecule has 2 aromatic carbocycles. The Hall–Kier alpha value is -2.89. The van der Waals surface area contributed by atoms with E-state index >= 15 is 0 Å². The van der Waals surface area contributed by atoms with E-state index in [4.69, 9.17) is 33.3 Å². The fourth-order valence-electron chi connectivity index (χ4n) is 3.34. The van der Waals surface area contributed by atoms with Crippen LogP contribution in [0.1, 0.15) is 33.2 Å². The highest BCUT2D eigenvalue weighted by Crippen LogP contribution is 2.30. The number of ether oxygens (including phenoxy) is 2. The summed E-state index contributed by atoms with van der Waals surface area (Å²) < 4.78 is 38.7. The largest absolute Gasteiger partial charge is 0.496 e. The van der Waals surface area contributed by atoms with E-state index in [2.05, 4.69) is 15.4 Å². The predicted octanol–water partition coefficient (Wildman–Crippen LogP) is 2.07. The van der Waals surface area contributed by atoms with Gasteiger partial charge in [-0.3, -0.25) is 14.3 Å². The van der Waals surface area contributed by atoms with Crippen molar-refractivity contribution in [2.45, 2.75) is 24.3 Å².